The summed E-state index contributed by atoms with van der Waals surface area (Å²) in [6, 6.07) is 13.5. The first-order chi connectivity index (χ1) is 13.1. The molecule has 1 atom stereocenters. The van der Waals surface area contributed by atoms with Crippen molar-refractivity contribution in [3.8, 4) is 0 Å². The van der Waals surface area contributed by atoms with Gasteiger partial charge in [-0.1, -0.05) is 70.2 Å². The summed E-state index contributed by atoms with van der Waals surface area (Å²) >= 11 is 0. The molecule has 0 saturated carbocycles. The number of nitrogens with two attached hydrogens (primary N) is 1. The molecule has 5 heteroatoms. The van der Waals surface area contributed by atoms with Gasteiger partial charge in [-0.25, -0.2) is 0 Å². The highest BCUT2D eigenvalue weighted by molar-refractivity contribution is 5.89. The zero-order chi connectivity index (χ0) is 20.9. The second-order valence-corrected chi connectivity index (χ2v) is 8.71. The van der Waals surface area contributed by atoms with Crippen LogP contribution >= 0.6 is 0 Å². The lowest BCUT2D eigenvalue weighted by Crippen LogP contribution is -2.52. The highest BCUT2D eigenvalue weighted by atomic mass is 16.2. The zero-order valence-corrected chi connectivity index (χ0v) is 17.7. The Hall–Kier alpha value is -2.40. The molecule has 2 aromatic carbocycles. The quantitative estimate of drug-likeness (QED) is 0.736. The van der Waals surface area contributed by atoms with E-state index >= 15 is 0 Å². The molecule has 0 spiro atoms. The van der Waals surface area contributed by atoms with E-state index in [-0.39, 0.29) is 29.6 Å². The van der Waals surface area contributed by atoms with Gasteiger partial charge in [0.2, 0.25) is 11.8 Å². The molecule has 152 valence electrons. The van der Waals surface area contributed by atoms with Crippen molar-refractivity contribution in [1.29, 1.82) is 0 Å². The molecule has 0 bridgehead atoms. The molecule has 5 nitrogen and oxygen atoms in total. The third kappa shape index (κ3) is 5.80. The maximum Gasteiger partial charge on any atom is 0.245 e. The van der Waals surface area contributed by atoms with Gasteiger partial charge in [-0.3, -0.25) is 9.59 Å². The average Bonchev–Trinajstić information content (AvgIpc) is 2.65. The van der Waals surface area contributed by atoms with E-state index < -0.39 is 6.04 Å². The number of amides is 2. The van der Waals surface area contributed by atoms with Crippen molar-refractivity contribution in [2.45, 2.75) is 40.2 Å². The third-order valence-corrected chi connectivity index (χ3v) is 5.02. The van der Waals surface area contributed by atoms with Crippen LogP contribution in [0.25, 0.3) is 10.8 Å². The van der Waals surface area contributed by atoms with Gasteiger partial charge in [0.15, 0.2) is 0 Å². The second-order valence-electron chi connectivity index (χ2n) is 8.71. The Morgan fingerprint density at radius 2 is 1.75 bits per heavy atom. The van der Waals surface area contributed by atoms with E-state index in [2.05, 4.69) is 5.32 Å². The normalized spacial score (nSPS) is 12.8. The fraction of sp³-hybridized carbons (Fsp3) is 0.478. The summed E-state index contributed by atoms with van der Waals surface area (Å²) in [5, 5.41) is 5.19. The van der Waals surface area contributed by atoms with E-state index in [9.17, 15) is 9.59 Å². The van der Waals surface area contributed by atoms with Crippen LogP contribution in [0, 0.1) is 11.3 Å². The van der Waals surface area contributed by atoms with Crippen molar-refractivity contribution in [3.05, 3.63) is 48.0 Å². The summed E-state index contributed by atoms with van der Waals surface area (Å²) in [6.45, 7) is 8.98. The summed E-state index contributed by atoms with van der Waals surface area (Å²) in [7, 11) is 1.77. The van der Waals surface area contributed by atoms with Gasteiger partial charge in [0, 0.05) is 13.6 Å². The maximum absolute atomic E-state index is 12.9. The van der Waals surface area contributed by atoms with E-state index in [1.54, 1.807) is 11.9 Å². The highest BCUT2D eigenvalue weighted by Gasteiger charge is 2.29. The van der Waals surface area contributed by atoms with Crippen molar-refractivity contribution in [3.63, 3.8) is 0 Å². The standard InChI is InChI=1S/C23H33N3O2/c1-16(2)21(22(28)26(5)15-23(3,4)14-24)25-20(27)13-17-10-11-18-8-6-7-9-19(18)12-17/h6-12,16,21H,13-15,24H2,1-5H3,(H,25,27). The van der Waals surface area contributed by atoms with Gasteiger partial charge in [0.25, 0.3) is 0 Å². The molecular weight excluding hydrogens is 350 g/mol. The molecule has 0 aliphatic rings. The van der Waals surface area contributed by atoms with E-state index in [1.807, 2.05) is 70.2 Å². The Kier molecular flexibility index (Phi) is 7.19. The third-order valence-electron chi connectivity index (χ3n) is 5.02. The van der Waals surface area contributed by atoms with Crippen LogP contribution in [0.2, 0.25) is 0 Å². The van der Waals surface area contributed by atoms with Crippen LogP contribution in [0.15, 0.2) is 42.5 Å². The Bertz CT molecular complexity index is 829. The number of carbonyl (C=O) groups excluding carboxylic acids is 2. The molecule has 0 fully saturated rings. The van der Waals surface area contributed by atoms with Gasteiger partial charge >= 0.3 is 0 Å². The minimum absolute atomic E-state index is 0.00325. The first-order valence-corrected chi connectivity index (χ1v) is 9.85. The fourth-order valence-electron chi connectivity index (χ4n) is 3.29. The van der Waals surface area contributed by atoms with E-state index in [0.29, 0.717) is 13.1 Å². The molecule has 3 N–H and O–H groups in total. The van der Waals surface area contributed by atoms with Crippen molar-refractivity contribution in [2.24, 2.45) is 17.1 Å². The molecule has 2 aromatic rings. The van der Waals surface area contributed by atoms with Gasteiger partial charge in [0.05, 0.1) is 6.42 Å². The highest BCUT2D eigenvalue weighted by Crippen LogP contribution is 2.17. The molecule has 2 rings (SSSR count). The number of hydrogen-bond donors (Lipinski definition) is 2. The van der Waals surface area contributed by atoms with Gasteiger partial charge in [-0.2, -0.15) is 0 Å². The molecule has 2 amide bonds. The smallest absolute Gasteiger partial charge is 0.245 e. The largest absolute Gasteiger partial charge is 0.344 e. The lowest BCUT2D eigenvalue weighted by Gasteiger charge is -2.32. The second kappa shape index (κ2) is 9.20. The average molecular weight is 384 g/mol. The van der Waals surface area contributed by atoms with E-state index in [1.165, 1.54) is 0 Å². The number of carbonyl (C=O) groups is 2. The number of hydrogen-bond acceptors (Lipinski definition) is 3. The van der Waals surface area contributed by atoms with Crippen molar-refractivity contribution < 1.29 is 9.59 Å². The molecule has 0 aromatic heterocycles. The Morgan fingerprint density at radius 1 is 1.11 bits per heavy atom. The Morgan fingerprint density at radius 3 is 2.36 bits per heavy atom. The van der Waals surface area contributed by atoms with Crippen molar-refractivity contribution in [2.75, 3.05) is 20.1 Å². The SMILES string of the molecule is CC(C)C(NC(=O)Cc1ccc2ccccc2c1)C(=O)N(C)CC(C)(C)CN. The van der Waals surface area contributed by atoms with Crippen LogP contribution in [-0.4, -0.2) is 42.9 Å². The minimum Gasteiger partial charge on any atom is -0.344 e. The monoisotopic (exact) mass is 383 g/mol. The predicted octanol–water partition coefficient (Wildman–Crippen LogP) is 2.97. The molecule has 0 radical (unpaired) electrons. The summed E-state index contributed by atoms with van der Waals surface area (Å²) in [6.07, 6.45) is 0.249. The van der Waals surface area contributed by atoms with Crippen LogP contribution in [0.3, 0.4) is 0 Å². The molecular formula is C23H33N3O2. The van der Waals surface area contributed by atoms with Gasteiger partial charge < -0.3 is 16.0 Å². The van der Waals surface area contributed by atoms with Crippen LogP contribution in [0.4, 0.5) is 0 Å². The Balaban J connectivity index is 2.05. The fourth-order valence-corrected chi connectivity index (χ4v) is 3.29. The summed E-state index contributed by atoms with van der Waals surface area (Å²) in [5.41, 5.74) is 6.56. The Labute approximate surface area is 168 Å². The van der Waals surface area contributed by atoms with E-state index in [4.69, 9.17) is 5.73 Å². The number of likely N-dealkylation sites (N-methyl/N-ethyl adjacent to an activating group) is 1. The van der Waals surface area contributed by atoms with Crippen LogP contribution in [-0.2, 0) is 16.0 Å². The summed E-state index contributed by atoms with van der Waals surface area (Å²) in [5.74, 6) is -0.228. The number of fused-ring (bicyclic) bond motifs is 1. The van der Waals surface area contributed by atoms with Crippen LogP contribution in [0.1, 0.15) is 33.3 Å². The molecule has 28 heavy (non-hydrogen) atoms. The number of benzene rings is 2. The number of nitrogens with one attached hydrogen (secondary N) is 1. The zero-order valence-electron chi connectivity index (χ0n) is 17.7. The topological polar surface area (TPSA) is 75.4 Å². The molecule has 1 unspecified atom stereocenters. The summed E-state index contributed by atoms with van der Waals surface area (Å²) < 4.78 is 0. The van der Waals surface area contributed by atoms with Crippen LogP contribution < -0.4 is 11.1 Å². The van der Waals surface area contributed by atoms with Crippen LogP contribution in [0.5, 0.6) is 0 Å². The summed E-state index contributed by atoms with van der Waals surface area (Å²) in [4.78, 5) is 27.2. The number of rotatable bonds is 8. The van der Waals surface area contributed by atoms with Crippen molar-refractivity contribution in [1.82, 2.24) is 10.2 Å². The molecule has 0 saturated heterocycles. The van der Waals surface area contributed by atoms with Crippen molar-refractivity contribution >= 4 is 22.6 Å². The first kappa shape index (κ1) is 21.9. The predicted molar refractivity (Wildman–Crippen MR) is 115 cm³/mol. The van der Waals surface area contributed by atoms with E-state index in [0.717, 1.165) is 16.3 Å². The van der Waals surface area contributed by atoms with Gasteiger partial charge in [-0.05, 0) is 34.2 Å². The van der Waals surface area contributed by atoms with Gasteiger partial charge in [0.1, 0.15) is 6.04 Å². The molecule has 0 aliphatic carbocycles. The lowest BCUT2D eigenvalue weighted by atomic mass is 9.92. The first-order valence-electron chi connectivity index (χ1n) is 9.85. The maximum atomic E-state index is 12.9. The molecule has 0 aliphatic heterocycles. The lowest BCUT2D eigenvalue weighted by molar-refractivity contribution is -0.137. The molecule has 0 heterocycles. The minimum atomic E-state index is -0.550. The number of nitrogens with zero attached hydrogens (tertiary/aromatic N) is 1. The van der Waals surface area contributed by atoms with Gasteiger partial charge in [-0.15, -0.1) is 0 Å².